The van der Waals surface area contributed by atoms with E-state index in [1.54, 1.807) is 11.8 Å². The normalized spacial score (nSPS) is 20.9. The number of rotatable bonds is 3. The van der Waals surface area contributed by atoms with Gasteiger partial charge in [-0.2, -0.15) is 11.8 Å². The van der Waals surface area contributed by atoms with Gasteiger partial charge in [-0.3, -0.25) is 9.69 Å². The number of benzene rings is 1. The van der Waals surface area contributed by atoms with Crippen molar-refractivity contribution in [2.75, 3.05) is 18.1 Å². The SMILES string of the molecule is Cc1c(Br)cccc1CN1CCSCC1C(N)=O. The lowest BCUT2D eigenvalue weighted by atomic mass is 10.1. The third-order valence-electron chi connectivity index (χ3n) is 3.32. The van der Waals surface area contributed by atoms with Crippen LogP contribution < -0.4 is 5.73 Å². The maximum Gasteiger partial charge on any atom is 0.235 e. The van der Waals surface area contributed by atoms with Gasteiger partial charge in [0.05, 0.1) is 6.04 Å². The zero-order valence-electron chi connectivity index (χ0n) is 10.4. The second kappa shape index (κ2) is 6.08. The second-order valence-electron chi connectivity index (χ2n) is 4.49. The summed E-state index contributed by atoms with van der Waals surface area (Å²) in [5.74, 6) is 1.66. The summed E-state index contributed by atoms with van der Waals surface area (Å²) >= 11 is 5.34. The van der Waals surface area contributed by atoms with Gasteiger partial charge in [0.1, 0.15) is 0 Å². The fraction of sp³-hybridized carbons (Fsp3) is 0.462. The summed E-state index contributed by atoms with van der Waals surface area (Å²) in [5.41, 5.74) is 7.96. The third kappa shape index (κ3) is 3.08. The molecule has 1 fully saturated rings. The zero-order chi connectivity index (χ0) is 13.1. The average Bonchev–Trinajstić information content (AvgIpc) is 2.35. The maximum atomic E-state index is 11.5. The molecule has 1 heterocycles. The molecule has 2 rings (SSSR count). The summed E-state index contributed by atoms with van der Waals surface area (Å²) < 4.78 is 1.11. The van der Waals surface area contributed by atoms with Crippen LogP contribution in [-0.2, 0) is 11.3 Å². The van der Waals surface area contributed by atoms with Crippen molar-refractivity contribution in [1.29, 1.82) is 0 Å². The van der Waals surface area contributed by atoms with Crippen molar-refractivity contribution in [3.05, 3.63) is 33.8 Å². The first-order chi connectivity index (χ1) is 8.59. The molecule has 0 spiro atoms. The predicted octanol–water partition coefficient (Wildman–Crippen LogP) is 2.16. The van der Waals surface area contributed by atoms with Gasteiger partial charge in [-0.15, -0.1) is 0 Å². The van der Waals surface area contributed by atoms with E-state index < -0.39 is 0 Å². The Labute approximate surface area is 120 Å². The summed E-state index contributed by atoms with van der Waals surface area (Å²) in [6, 6.07) is 6.04. The monoisotopic (exact) mass is 328 g/mol. The quantitative estimate of drug-likeness (QED) is 0.924. The molecule has 1 aromatic rings. The van der Waals surface area contributed by atoms with Crippen LogP contribution in [0.2, 0.25) is 0 Å². The Balaban J connectivity index is 2.16. The van der Waals surface area contributed by atoms with Gasteiger partial charge in [-0.25, -0.2) is 0 Å². The first kappa shape index (κ1) is 13.9. The third-order valence-corrected chi connectivity index (χ3v) is 5.20. The largest absolute Gasteiger partial charge is 0.368 e. The van der Waals surface area contributed by atoms with Crippen LogP contribution in [0.5, 0.6) is 0 Å². The Bertz CT molecular complexity index is 453. The fourth-order valence-corrected chi connectivity index (χ4v) is 3.67. The van der Waals surface area contributed by atoms with Crippen molar-refractivity contribution in [2.45, 2.75) is 19.5 Å². The highest BCUT2D eigenvalue weighted by molar-refractivity contribution is 9.10. The molecule has 0 bridgehead atoms. The summed E-state index contributed by atoms with van der Waals surface area (Å²) in [5, 5.41) is 0. The molecule has 0 aliphatic carbocycles. The van der Waals surface area contributed by atoms with Gasteiger partial charge < -0.3 is 5.73 Å². The van der Waals surface area contributed by atoms with Gasteiger partial charge in [-0.1, -0.05) is 28.1 Å². The van der Waals surface area contributed by atoms with Gasteiger partial charge in [0.2, 0.25) is 5.91 Å². The standard InChI is InChI=1S/C13H17BrN2OS/c1-9-10(3-2-4-11(9)14)7-16-5-6-18-8-12(16)13(15)17/h2-4,12H,5-8H2,1H3,(H2,15,17). The van der Waals surface area contributed by atoms with Crippen LogP contribution in [0, 0.1) is 6.92 Å². The van der Waals surface area contributed by atoms with Crippen molar-refractivity contribution in [2.24, 2.45) is 5.73 Å². The number of amides is 1. The van der Waals surface area contributed by atoms with Crippen LogP contribution in [0.15, 0.2) is 22.7 Å². The molecule has 98 valence electrons. The van der Waals surface area contributed by atoms with E-state index >= 15 is 0 Å². The van der Waals surface area contributed by atoms with Crippen LogP contribution >= 0.6 is 27.7 Å². The van der Waals surface area contributed by atoms with Crippen molar-refractivity contribution in [3.8, 4) is 0 Å². The first-order valence-electron chi connectivity index (χ1n) is 5.94. The summed E-state index contributed by atoms with van der Waals surface area (Å²) in [7, 11) is 0. The average molecular weight is 329 g/mol. The molecule has 0 saturated carbocycles. The fourth-order valence-electron chi connectivity index (χ4n) is 2.13. The van der Waals surface area contributed by atoms with Gasteiger partial charge in [0.25, 0.3) is 0 Å². The Hall–Kier alpha value is -0.520. The Kier molecular flexibility index (Phi) is 4.70. The lowest BCUT2D eigenvalue weighted by Gasteiger charge is -2.33. The van der Waals surface area contributed by atoms with Gasteiger partial charge >= 0.3 is 0 Å². The maximum absolute atomic E-state index is 11.5. The summed E-state index contributed by atoms with van der Waals surface area (Å²) in [6.07, 6.45) is 0. The summed E-state index contributed by atoms with van der Waals surface area (Å²) in [4.78, 5) is 13.7. The van der Waals surface area contributed by atoms with Crippen LogP contribution in [0.1, 0.15) is 11.1 Å². The number of hydrogen-bond donors (Lipinski definition) is 1. The molecular formula is C13H17BrN2OS. The lowest BCUT2D eigenvalue weighted by molar-refractivity contribution is -0.122. The molecule has 0 radical (unpaired) electrons. The second-order valence-corrected chi connectivity index (χ2v) is 6.49. The van der Waals surface area contributed by atoms with Gasteiger partial charge in [0.15, 0.2) is 0 Å². The highest BCUT2D eigenvalue weighted by atomic mass is 79.9. The molecule has 1 aliphatic heterocycles. The van der Waals surface area contributed by atoms with E-state index in [0.717, 1.165) is 29.1 Å². The molecule has 3 nitrogen and oxygen atoms in total. The number of thioether (sulfide) groups is 1. The Morgan fingerprint density at radius 1 is 1.61 bits per heavy atom. The number of hydrogen-bond acceptors (Lipinski definition) is 3. The summed E-state index contributed by atoms with van der Waals surface area (Å²) in [6.45, 7) is 3.81. The molecule has 1 aliphatic rings. The number of carbonyl (C=O) groups excluding carboxylic acids is 1. The van der Waals surface area contributed by atoms with Crippen LogP contribution in [0.25, 0.3) is 0 Å². The smallest absolute Gasteiger partial charge is 0.235 e. The molecule has 0 aromatic heterocycles. The van der Waals surface area contributed by atoms with Crippen LogP contribution in [-0.4, -0.2) is 34.9 Å². The number of nitrogens with zero attached hydrogens (tertiary/aromatic N) is 1. The van der Waals surface area contributed by atoms with Crippen LogP contribution in [0.3, 0.4) is 0 Å². The zero-order valence-corrected chi connectivity index (χ0v) is 12.8. The number of halogens is 1. The van der Waals surface area contributed by atoms with E-state index in [1.807, 2.05) is 12.1 Å². The molecule has 1 unspecified atom stereocenters. The molecule has 18 heavy (non-hydrogen) atoms. The number of nitrogens with two attached hydrogens (primary N) is 1. The van der Waals surface area contributed by atoms with Crippen molar-refractivity contribution in [3.63, 3.8) is 0 Å². The molecule has 2 N–H and O–H groups in total. The van der Waals surface area contributed by atoms with E-state index in [9.17, 15) is 4.79 Å². The number of primary amides is 1. The topological polar surface area (TPSA) is 46.3 Å². The van der Waals surface area contributed by atoms with Crippen molar-refractivity contribution < 1.29 is 4.79 Å². The highest BCUT2D eigenvalue weighted by Crippen LogP contribution is 2.24. The minimum Gasteiger partial charge on any atom is -0.368 e. The van der Waals surface area contributed by atoms with E-state index in [4.69, 9.17) is 5.73 Å². The minimum atomic E-state index is -0.213. The Morgan fingerprint density at radius 2 is 2.39 bits per heavy atom. The van der Waals surface area contributed by atoms with E-state index in [1.165, 1.54) is 11.1 Å². The predicted molar refractivity (Wildman–Crippen MR) is 79.6 cm³/mol. The van der Waals surface area contributed by atoms with Gasteiger partial charge in [0, 0.05) is 29.1 Å². The molecule has 1 aromatic carbocycles. The van der Waals surface area contributed by atoms with E-state index in [0.29, 0.717) is 0 Å². The number of carbonyl (C=O) groups is 1. The first-order valence-corrected chi connectivity index (χ1v) is 7.89. The molecule has 1 atom stereocenters. The molecule has 1 saturated heterocycles. The van der Waals surface area contributed by atoms with Gasteiger partial charge in [-0.05, 0) is 24.1 Å². The lowest BCUT2D eigenvalue weighted by Crippen LogP contribution is -2.49. The van der Waals surface area contributed by atoms with Crippen LogP contribution in [0.4, 0.5) is 0 Å². The molecular weight excluding hydrogens is 312 g/mol. The van der Waals surface area contributed by atoms with E-state index in [-0.39, 0.29) is 11.9 Å². The highest BCUT2D eigenvalue weighted by Gasteiger charge is 2.27. The van der Waals surface area contributed by atoms with E-state index in [2.05, 4.69) is 33.8 Å². The Morgan fingerprint density at radius 3 is 3.11 bits per heavy atom. The van der Waals surface area contributed by atoms with Crippen molar-refractivity contribution >= 4 is 33.6 Å². The van der Waals surface area contributed by atoms with Crippen molar-refractivity contribution in [1.82, 2.24) is 4.90 Å². The minimum absolute atomic E-state index is 0.137. The molecule has 1 amide bonds. The molecule has 5 heteroatoms.